The van der Waals surface area contributed by atoms with Crippen molar-refractivity contribution in [2.75, 3.05) is 13.1 Å². The molecule has 0 saturated heterocycles. The van der Waals surface area contributed by atoms with Gasteiger partial charge in [-0.15, -0.1) is 0 Å². The van der Waals surface area contributed by atoms with Gasteiger partial charge in [0, 0.05) is 12.1 Å². The summed E-state index contributed by atoms with van der Waals surface area (Å²) in [5.41, 5.74) is 5.32. The minimum Gasteiger partial charge on any atom is -0.338 e. The average Bonchev–Trinajstić information content (AvgIpc) is 2.15. The molecule has 4 heteroatoms. The Balaban J connectivity index is 3.96. The topological polar surface area (TPSA) is 67.2 Å². The van der Waals surface area contributed by atoms with E-state index in [0.29, 0.717) is 13.1 Å². The molecular weight excluding hydrogens is 178 g/mol. The van der Waals surface area contributed by atoms with Crippen LogP contribution in [-0.2, 0) is 0 Å². The predicted octanol–water partition coefficient (Wildman–Crippen LogP) is 1.21. The Kier molecular flexibility index (Phi) is 6.28. The lowest BCUT2D eigenvalue weighted by Crippen LogP contribution is -2.50. The largest absolute Gasteiger partial charge is 0.338 e. The highest BCUT2D eigenvalue weighted by Gasteiger charge is 2.22. The number of carbonyl (C=O) groups excluding carboxylic acids is 1. The first-order valence-electron chi connectivity index (χ1n) is 5.34. The third-order valence-corrected chi connectivity index (χ3v) is 2.43. The van der Waals surface area contributed by atoms with Crippen LogP contribution < -0.4 is 16.4 Å². The summed E-state index contributed by atoms with van der Waals surface area (Å²) in [5.74, 6) is 0. The Labute approximate surface area is 86.6 Å². The number of rotatable bonds is 6. The van der Waals surface area contributed by atoms with Crippen molar-refractivity contribution in [2.24, 2.45) is 5.73 Å². The molecule has 0 heterocycles. The zero-order valence-electron chi connectivity index (χ0n) is 9.52. The van der Waals surface area contributed by atoms with E-state index < -0.39 is 0 Å². The maximum atomic E-state index is 11.4. The highest BCUT2D eigenvalue weighted by atomic mass is 16.2. The van der Waals surface area contributed by atoms with Gasteiger partial charge in [-0.3, -0.25) is 0 Å². The summed E-state index contributed by atoms with van der Waals surface area (Å²) in [6, 6.07) is -0.0929. The quantitative estimate of drug-likeness (QED) is 0.604. The molecule has 0 aliphatic heterocycles. The molecule has 2 amide bonds. The van der Waals surface area contributed by atoms with Gasteiger partial charge >= 0.3 is 6.03 Å². The van der Waals surface area contributed by atoms with Gasteiger partial charge in [0.1, 0.15) is 0 Å². The second kappa shape index (κ2) is 6.65. The number of nitrogens with two attached hydrogens (primary N) is 1. The minimum absolute atomic E-state index is 0.0929. The van der Waals surface area contributed by atoms with Crippen LogP contribution >= 0.6 is 0 Å². The monoisotopic (exact) mass is 201 g/mol. The van der Waals surface area contributed by atoms with E-state index in [1.165, 1.54) is 0 Å². The van der Waals surface area contributed by atoms with E-state index >= 15 is 0 Å². The summed E-state index contributed by atoms with van der Waals surface area (Å²) < 4.78 is 0. The molecule has 0 fully saturated rings. The van der Waals surface area contributed by atoms with Crippen molar-refractivity contribution < 1.29 is 4.79 Å². The third kappa shape index (κ3) is 5.07. The first-order chi connectivity index (χ1) is 6.58. The van der Waals surface area contributed by atoms with Crippen LogP contribution in [0.15, 0.2) is 0 Å². The Bertz CT molecular complexity index is 173. The molecule has 14 heavy (non-hydrogen) atoms. The standard InChI is InChI=1S/C10H23N3O/c1-4-8-12-9(14)13-10(3,5-2)6-7-11/h4-8,11H2,1-3H3,(H2,12,13,14). The molecule has 0 rings (SSSR count). The van der Waals surface area contributed by atoms with Crippen molar-refractivity contribution in [1.82, 2.24) is 10.6 Å². The Morgan fingerprint density at radius 1 is 1.43 bits per heavy atom. The summed E-state index contributed by atoms with van der Waals surface area (Å²) in [6.07, 6.45) is 2.65. The molecule has 0 saturated carbocycles. The fourth-order valence-electron chi connectivity index (χ4n) is 1.20. The van der Waals surface area contributed by atoms with Gasteiger partial charge in [-0.25, -0.2) is 4.79 Å². The lowest BCUT2D eigenvalue weighted by molar-refractivity contribution is 0.223. The van der Waals surface area contributed by atoms with Gasteiger partial charge in [-0.1, -0.05) is 13.8 Å². The summed E-state index contributed by atoms with van der Waals surface area (Å²) in [4.78, 5) is 11.4. The normalized spacial score (nSPS) is 14.6. The molecule has 4 N–H and O–H groups in total. The van der Waals surface area contributed by atoms with Crippen molar-refractivity contribution in [2.45, 2.75) is 45.6 Å². The van der Waals surface area contributed by atoms with E-state index in [1.54, 1.807) is 0 Å². The molecule has 1 unspecified atom stereocenters. The third-order valence-electron chi connectivity index (χ3n) is 2.43. The molecule has 0 aromatic heterocycles. The van der Waals surface area contributed by atoms with Gasteiger partial charge in [0.25, 0.3) is 0 Å². The molecule has 1 atom stereocenters. The molecular formula is C10H23N3O. The van der Waals surface area contributed by atoms with E-state index in [1.807, 2.05) is 13.8 Å². The van der Waals surface area contributed by atoms with Crippen molar-refractivity contribution in [3.8, 4) is 0 Å². The van der Waals surface area contributed by atoms with Gasteiger partial charge in [-0.2, -0.15) is 0 Å². The van der Waals surface area contributed by atoms with Crippen LogP contribution in [0.1, 0.15) is 40.0 Å². The van der Waals surface area contributed by atoms with E-state index in [4.69, 9.17) is 5.73 Å². The molecule has 0 aromatic carbocycles. The fourth-order valence-corrected chi connectivity index (χ4v) is 1.20. The molecule has 0 spiro atoms. The van der Waals surface area contributed by atoms with Crippen LogP contribution in [0.5, 0.6) is 0 Å². The Morgan fingerprint density at radius 3 is 2.50 bits per heavy atom. The average molecular weight is 201 g/mol. The van der Waals surface area contributed by atoms with Crippen LogP contribution in [0.25, 0.3) is 0 Å². The van der Waals surface area contributed by atoms with Crippen molar-refractivity contribution in [3.05, 3.63) is 0 Å². The number of urea groups is 1. The second-order valence-corrected chi connectivity index (χ2v) is 3.83. The summed E-state index contributed by atoms with van der Waals surface area (Å²) >= 11 is 0. The molecule has 0 aromatic rings. The summed E-state index contributed by atoms with van der Waals surface area (Å²) in [7, 11) is 0. The van der Waals surface area contributed by atoms with Crippen molar-refractivity contribution in [3.63, 3.8) is 0 Å². The van der Waals surface area contributed by atoms with E-state index in [0.717, 1.165) is 19.3 Å². The van der Waals surface area contributed by atoms with Crippen LogP contribution in [0.3, 0.4) is 0 Å². The number of hydrogen-bond acceptors (Lipinski definition) is 2. The van der Waals surface area contributed by atoms with Crippen LogP contribution in [0.4, 0.5) is 4.79 Å². The van der Waals surface area contributed by atoms with Crippen LogP contribution in [0, 0.1) is 0 Å². The van der Waals surface area contributed by atoms with E-state index in [9.17, 15) is 4.79 Å². The zero-order chi connectivity index (χ0) is 11.0. The molecule has 84 valence electrons. The summed E-state index contributed by atoms with van der Waals surface area (Å²) in [5, 5.41) is 5.74. The van der Waals surface area contributed by atoms with Gasteiger partial charge in [-0.05, 0) is 32.7 Å². The molecule has 0 aliphatic carbocycles. The van der Waals surface area contributed by atoms with Crippen LogP contribution in [0.2, 0.25) is 0 Å². The first kappa shape index (κ1) is 13.2. The van der Waals surface area contributed by atoms with Gasteiger partial charge < -0.3 is 16.4 Å². The lowest BCUT2D eigenvalue weighted by Gasteiger charge is -2.29. The maximum Gasteiger partial charge on any atom is 0.315 e. The van der Waals surface area contributed by atoms with Gasteiger partial charge in [0.05, 0.1) is 0 Å². The van der Waals surface area contributed by atoms with Crippen molar-refractivity contribution in [1.29, 1.82) is 0 Å². The van der Waals surface area contributed by atoms with E-state index in [2.05, 4.69) is 17.6 Å². The molecule has 0 radical (unpaired) electrons. The van der Waals surface area contributed by atoms with Gasteiger partial charge in [0.15, 0.2) is 0 Å². The zero-order valence-corrected chi connectivity index (χ0v) is 9.52. The lowest BCUT2D eigenvalue weighted by atomic mass is 9.95. The second-order valence-electron chi connectivity index (χ2n) is 3.83. The Hall–Kier alpha value is -0.770. The fraction of sp³-hybridized carbons (Fsp3) is 0.900. The highest BCUT2D eigenvalue weighted by Crippen LogP contribution is 2.12. The van der Waals surface area contributed by atoms with Gasteiger partial charge in [0.2, 0.25) is 0 Å². The minimum atomic E-state index is -0.174. The molecule has 0 bridgehead atoms. The van der Waals surface area contributed by atoms with Crippen molar-refractivity contribution >= 4 is 6.03 Å². The number of nitrogens with one attached hydrogen (secondary N) is 2. The molecule has 0 aliphatic rings. The number of amides is 2. The van der Waals surface area contributed by atoms with Crippen LogP contribution in [-0.4, -0.2) is 24.7 Å². The number of hydrogen-bond donors (Lipinski definition) is 3. The molecule has 4 nitrogen and oxygen atoms in total. The Morgan fingerprint density at radius 2 is 2.07 bits per heavy atom. The smallest absolute Gasteiger partial charge is 0.315 e. The summed E-state index contributed by atoms with van der Waals surface area (Å²) in [6.45, 7) is 7.41. The number of carbonyl (C=O) groups is 1. The predicted molar refractivity (Wildman–Crippen MR) is 59.2 cm³/mol. The SMILES string of the molecule is CCCNC(=O)NC(C)(CC)CCN. The van der Waals surface area contributed by atoms with E-state index in [-0.39, 0.29) is 11.6 Å². The maximum absolute atomic E-state index is 11.4. The first-order valence-corrected chi connectivity index (χ1v) is 5.34. The highest BCUT2D eigenvalue weighted by molar-refractivity contribution is 5.74.